The van der Waals surface area contributed by atoms with Gasteiger partial charge in [-0.2, -0.15) is 0 Å². The third kappa shape index (κ3) is 2.98. The smallest absolute Gasteiger partial charge is 0.262 e. The van der Waals surface area contributed by atoms with Gasteiger partial charge in [0.05, 0.1) is 10.6 Å². The van der Waals surface area contributed by atoms with Crippen molar-refractivity contribution in [3.8, 4) is 11.5 Å². The van der Waals surface area contributed by atoms with Gasteiger partial charge in [-0.15, -0.1) is 0 Å². The van der Waals surface area contributed by atoms with Crippen molar-refractivity contribution in [2.24, 2.45) is 0 Å². The number of benzene rings is 2. The lowest BCUT2D eigenvalue weighted by Gasteiger charge is -2.19. The van der Waals surface area contributed by atoms with Crippen LogP contribution in [0.25, 0.3) is 0 Å². The van der Waals surface area contributed by atoms with Crippen LogP contribution in [-0.2, 0) is 10.0 Å². The Morgan fingerprint density at radius 3 is 2.48 bits per heavy atom. The number of para-hydroxylation sites is 1. The molecule has 0 fully saturated rings. The number of halogens is 1. The van der Waals surface area contributed by atoms with Crippen molar-refractivity contribution in [3.05, 3.63) is 46.9 Å². The Hall–Kier alpha value is -1.73. The van der Waals surface area contributed by atoms with Gasteiger partial charge in [0.1, 0.15) is 13.2 Å². The summed E-state index contributed by atoms with van der Waals surface area (Å²) in [7, 11) is -3.68. The highest BCUT2D eigenvalue weighted by molar-refractivity contribution is 9.10. The lowest BCUT2D eigenvalue weighted by atomic mass is 10.3. The summed E-state index contributed by atoms with van der Waals surface area (Å²) in [6.07, 6.45) is 0. The van der Waals surface area contributed by atoms with E-state index in [1.54, 1.807) is 24.3 Å². The molecular weight excluding hydrogens is 358 g/mol. The summed E-state index contributed by atoms with van der Waals surface area (Å²) in [6.45, 7) is 0.877. The third-order valence-corrected chi connectivity index (χ3v) is 5.00. The van der Waals surface area contributed by atoms with Gasteiger partial charge in [0.2, 0.25) is 0 Å². The van der Waals surface area contributed by atoms with Gasteiger partial charge >= 0.3 is 0 Å². The van der Waals surface area contributed by atoms with Gasteiger partial charge in [0.15, 0.2) is 11.5 Å². The Labute approximate surface area is 131 Å². The second kappa shape index (κ2) is 5.57. The molecule has 0 spiro atoms. The number of ether oxygens (including phenoxy) is 2. The van der Waals surface area contributed by atoms with E-state index in [0.717, 1.165) is 0 Å². The van der Waals surface area contributed by atoms with Crippen LogP contribution in [0.5, 0.6) is 11.5 Å². The fourth-order valence-corrected chi connectivity index (χ4v) is 3.55. The molecule has 0 saturated heterocycles. The summed E-state index contributed by atoms with van der Waals surface area (Å²) in [4.78, 5) is 0.127. The molecule has 1 aliphatic rings. The van der Waals surface area contributed by atoms with E-state index in [4.69, 9.17) is 9.47 Å². The van der Waals surface area contributed by atoms with Crippen LogP contribution in [0.4, 0.5) is 5.69 Å². The van der Waals surface area contributed by atoms with E-state index in [9.17, 15) is 8.42 Å². The molecular formula is C14H12BrNO4S. The summed E-state index contributed by atoms with van der Waals surface area (Å²) in [5, 5.41) is 0. The van der Waals surface area contributed by atoms with Gasteiger partial charge in [-0.05, 0) is 40.2 Å². The molecule has 5 nitrogen and oxygen atoms in total. The number of hydrogen-bond donors (Lipinski definition) is 1. The van der Waals surface area contributed by atoms with E-state index >= 15 is 0 Å². The molecule has 0 saturated carbocycles. The quantitative estimate of drug-likeness (QED) is 0.902. The number of nitrogens with one attached hydrogen (secondary N) is 1. The Kier molecular flexibility index (Phi) is 3.77. The van der Waals surface area contributed by atoms with Gasteiger partial charge in [-0.1, -0.05) is 12.1 Å². The molecule has 0 aromatic heterocycles. The molecule has 2 aromatic carbocycles. The zero-order chi connectivity index (χ0) is 14.9. The minimum atomic E-state index is -3.68. The first-order valence-electron chi connectivity index (χ1n) is 6.23. The van der Waals surface area contributed by atoms with Crippen LogP contribution >= 0.6 is 15.9 Å². The van der Waals surface area contributed by atoms with Crippen LogP contribution in [0.1, 0.15) is 0 Å². The Morgan fingerprint density at radius 1 is 1.00 bits per heavy atom. The van der Waals surface area contributed by atoms with E-state index in [1.165, 1.54) is 12.1 Å². The normalized spacial score (nSPS) is 13.8. The fourth-order valence-electron chi connectivity index (χ4n) is 1.94. The Balaban J connectivity index is 1.93. The van der Waals surface area contributed by atoms with Crippen molar-refractivity contribution < 1.29 is 17.9 Å². The highest BCUT2D eigenvalue weighted by atomic mass is 79.9. The average Bonchev–Trinajstić information content (AvgIpc) is 2.49. The van der Waals surface area contributed by atoms with Crippen molar-refractivity contribution >= 4 is 31.6 Å². The topological polar surface area (TPSA) is 64.6 Å². The predicted octanol–water partition coefficient (Wildman–Crippen LogP) is 3.02. The maximum atomic E-state index is 12.4. The van der Waals surface area contributed by atoms with Crippen LogP contribution in [0.3, 0.4) is 0 Å². The lowest BCUT2D eigenvalue weighted by molar-refractivity contribution is 0.171. The zero-order valence-electron chi connectivity index (χ0n) is 10.9. The standard InChI is InChI=1S/C14H12BrNO4S/c15-11-3-1-2-4-12(11)16-21(17,18)10-5-6-13-14(9-10)20-8-7-19-13/h1-6,9,16H,7-8H2. The molecule has 2 aromatic rings. The maximum absolute atomic E-state index is 12.4. The maximum Gasteiger partial charge on any atom is 0.262 e. The molecule has 1 N–H and O–H groups in total. The van der Waals surface area contributed by atoms with Gasteiger partial charge in [-0.25, -0.2) is 8.42 Å². The van der Waals surface area contributed by atoms with Crippen molar-refractivity contribution in [1.82, 2.24) is 0 Å². The van der Waals surface area contributed by atoms with Gasteiger partial charge in [-0.3, -0.25) is 4.72 Å². The van der Waals surface area contributed by atoms with Gasteiger partial charge in [0, 0.05) is 10.5 Å². The van der Waals surface area contributed by atoms with Crippen LogP contribution in [0, 0.1) is 0 Å². The zero-order valence-corrected chi connectivity index (χ0v) is 13.3. The summed E-state index contributed by atoms with van der Waals surface area (Å²) in [6, 6.07) is 11.6. The number of fused-ring (bicyclic) bond motifs is 1. The van der Waals surface area contributed by atoms with E-state index < -0.39 is 10.0 Å². The molecule has 1 aliphatic heterocycles. The van der Waals surface area contributed by atoms with E-state index in [0.29, 0.717) is 34.9 Å². The first-order chi connectivity index (χ1) is 10.1. The minimum Gasteiger partial charge on any atom is -0.486 e. The molecule has 0 atom stereocenters. The first kappa shape index (κ1) is 14.2. The first-order valence-corrected chi connectivity index (χ1v) is 8.51. The largest absolute Gasteiger partial charge is 0.486 e. The second-order valence-electron chi connectivity index (χ2n) is 4.39. The molecule has 21 heavy (non-hydrogen) atoms. The van der Waals surface area contributed by atoms with Crippen LogP contribution in [-0.4, -0.2) is 21.6 Å². The highest BCUT2D eigenvalue weighted by Gasteiger charge is 2.20. The number of anilines is 1. The van der Waals surface area contributed by atoms with Crippen molar-refractivity contribution in [1.29, 1.82) is 0 Å². The van der Waals surface area contributed by atoms with Gasteiger partial charge in [0.25, 0.3) is 10.0 Å². The van der Waals surface area contributed by atoms with Crippen LogP contribution in [0.15, 0.2) is 51.8 Å². The summed E-state index contributed by atoms with van der Waals surface area (Å²) in [5.41, 5.74) is 0.479. The van der Waals surface area contributed by atoms with Crippen LogP contribution in [0.2, 0.25) is 0 Å². The predicted molar refractivity (Wildman–Crippen MR) is 82.4 cm³/mol. The van der Waals surface area contributed by atoms with E-state index in [1.807, 2.05) is 6.07 Å². The lowest BCUT2D eigenvalue weighted by Crippen LogP contribution is -2.17. The van der Waals surface area contributed by atoms with E-state index in [2.05, 4.69) is 20.7 Å². The van der Waals surface area contributed by atoms with Crippen molar-refractivity contribution in [2.75, 3.05) is 17.9 Å². The molecule has 0 unspecified atom stereocenters. The summed E-state index contributed by atoms with van der Waals surface area (Å²) < 4.78 is 38.8. The Morgan fingerprint density at radius 2 is 1.71 bits per heavy atom. The average molecular weight is 370 g/mol. The number of rotatable bonds is 3. The minimum absolute atomic E-state index is 0.127. The summed E-state index contributed by atoms with van der Waals surface area (Å²) in [5.74, 6) is 0.998. The molecule has 7 heteroatoms. The number of sulfonamides is 1. The SMILES string of the molecule is O=S(=O)(Nc1ccccc1Br)c1ccc2c(c1)OCCO2. The molecule has 3 rings (SSSR count). The van der Waals surface area contributed by atoms with Crippen molar-refractivity contribution in [3.63, 3.8) is 0 Å². The molecule has 0 radical (unpaired) electrons. The molecule has 0 amide bonds. The molecule has 0 aliphatic carbocycles. The fraction of sp³-hybridized carbons (Fsp3) is 0.143. The molecule has 110 valence electrons. The van der Waals surface area contributed by atoms with E-state index in [-0.39, 0.29) is 4.90 Å². The molecule has 1 heterocycles. The van der Waals surface area contributed by atoms with Gasteiger partial charge < -0.3 is 9.47 Å². The Bertz CT molecular complexity index is 776. The third-order valence-electron chi connectivity index (χ3n) is 2.94. The second-order valence-corrected chi connectivity index (χ2v) is 6.93. The van der Waals surface area contributed by atoms with Crippen molar-refractivity contribution in [2.45, 2.75) is 4.90 Å². The monoisotopic (exact) mass is 369 g/mol. The van der Waals surface area contributed by atoms with Crippen LogP contribution < -0.4 is 14.2 Å². The summed E-state index contributed by atoms with van der Waals surface area (Å²) >= 11 is 3.31. The molecule has 0 bridgehead atoms. The number of hydrogen-bond acceptors (Lipinski definition) is 4. The highest BCUT2D eigenvalue weighted by Crippen LogP contribution is 2.33.